The minimum absolute atomic E-state index is 0.0798. The van der Waals surface area contributed by atoms with Crippen molar-refractivity contribution in [1.29, 1.82) is 0 Å². The lowest BCUT2D eigenvalue weighted by Gasteiger charge is -2.36. The molecule has 5 nitrogen and oxygen atoms in total. The smallest absolute Gasteiger partial charge is 0.315 e. The SMILES string of the molecule is CCC(NC(=O)NNC(=O)c1cc(C)cc(C)c1)(C(F)(F)F)C(F)(F)F. The molecule has 26 heavy (non-hydrogen) atoms. The maximum absolute atomic E-state index is 12.9. The normalized spacial score (nSPS) is 12.5. The van der Waals surface area contributed by atoms with Crippen LogP contribution in [0.1, 0.15) is 34.8 Å². The van der Waals surface area contributed by atoms with E-state index in [1.165, 1.54) is 17.6 Å². The average molecular weight is 385 g/mol. The number of benzene rings is 1. The Morgan fingerprint density at radius 3 is 1.73 bits per heavy atom. The predicted octanol–water partition coefficient (Wildman–Crippen LogP) is 3.52. The summed E-state index contributed by atoms with van der Waals surface area (Å²) in [6.45, 7) is 4.01. The molecule has 1 aromatic carbocycles. The van der Waals surface area contributed by atoms with Crippen molar-refractivity contribution in [3.8, 4) is 0 Å². The number of hydrogen-bond acceptors (Lipinski definition) is 2. The number of amides is 3. The van der Waals surface area contributed by atoms with Crippen LogP contribution in [0.5, 0.6) is 0 Å². The van der Waals surface area contributed by atoms with Crippen LogP contribution in [0.25, 0.3) is 0 Å². The molecule has 3 N–H and O–H groups in total. The van der Waals surface area contributed by atoms with Crippen molar-refractivity contribution < 1.29 is 35.9 Å². The predicted molar refractivity (Wildman–Crippen MR) is 80.2 cm³/mol. The van der Waals surface area contributed by atoms with Crippen molar-refractivity contribution >= 4 is 11.9 Å². The number of alkyl halides is 6. The molecule has 0 spiro atoms. The van der Waals surface area contributed by atoms with Crippen LogP contribution in [0.4, 0.5) is 31.1 Å². The van der Waals surface area contributed by atoms with E-state index in [9.17, 15) is 35.9 Å². The Kier molecular flexibility index (Phi) is 6.16. The van der Waals surface area contributed by atoms with Gasteiger partial charge in [-0.3, -0.25) is 10.2 Å². The molecule has 0 saturated heterocycles. The van der Waals surface area contributed by atoms with Gasteiger partial charge in [0.25, 0.3) is 5.91 Å². The van der Waals surface area contributed by atoms with E-state index in [0.29, 0.717) is 18.1 Å². The lowest BCUT2D eigenvalue weighted by molar-refractivity contribution is -0.304. The highest BCUT2D eigenvalue weighted by atomic mass is 19.4. The van der Waals surface area contributed by atoms with Gasteiger partial charge in [-0.15, -0.1) is 0 Å². The van der Waals surface area contributed by atoms with Crippen LogP contribution in [0.2, 0.25) is 0 Å². The third-order valence-electron chi connectivity index (χ3n) is 3.60. The first kappa shape index (κ1) is 21.6. The fourth-order valence-electron chi connectivity index (χ4n) is 2.31. The number of nitrogens with one attached hydrogen (secondary N) is 3. The Balaban J connectivity index is 2.88. The third kappa shape index (κ3) is 4.58. The van der Waals surface area contributed by atoms with Crippen LogP contribution in [0.3, 0.4) is 0 Å². The molecule has 146 valence electrons. The van der Waals surface area contributed by atoms with Crippen LogP contribution < -0.4 is 16.2 Å². The first-order chi connectivity index (χ1) is 11.7. The van der Waals surface area contributed by atoms with Crippen molar-refractivity contribution in [1.82, 2.24) is 16.2 Å². The molecule has 0 bridgehead atoms. The number of hydrogen-bond donors (Lipinski definition) is 3. The minimum Gasteiger partial charge on any atom is -0.315 e. The van der Waals surface area contributed by atoms with Crippen LogP contribution in [0, 0.1) is 13.8 Å². The minimum atomic E-state index is -5.78. The molecule has 0 fully saturated rings. The number of carbonyl (C=O) groups is 2. The summed E-state index contributed by atoms with van der Waals surface area (Å²) < 4.78 is 77.6. The number of aryl methyl sites for hydroxylation is 2. The van der Waals surface area contributed by atoms with E-state index >= 15 is 0 Å². The van der Waals surface area contributed by atoms with Crippen molar-refractivity contribution in [2.45, 2.75) is 45.1 Å². The molecule has 1 aromatic rings. The topological polar surface area (TPSA) is 70.2 Å². The Hall–Kier alpha value is -2.46. The molecule has 0 heterocycles. The van der Waals surface area contributed by atoms with Gasteiger partial charge in [0.15, 0.2) is 0 Å². The van der Waals surface area contributed by atoms with Crippen molar-refractivity contribution in [2.75, 3.05) is 0 Å². The molecule has 3 amide bonds. The summed E-state index contributed by atoms with van der Waals surface area (Å²) in [6.07, 6.45) is -13.0. The van der Waals surface area contributed by atoms with E-state index in [4.69, 9.17) is 0 Å². The van der Waals surface area contributed by atoms with E-state index in [2.05, 4.69) is 0 Å². The Labute approximate surface area is 145 Å². The molecule has 0 saturated carbocycles. The van der Waals surface area contributed by atoms with Crippen LogP contribution >= 0.6 is 0 Å². The fourth-order valence-corrected chi connectivity index (χ4v) is 2.31. The molecule has 0 atom stereocenters. The maximum Gasteiger partial charge on any atom is 0.420 e. The van der Waals surface area contributed by atoms with E-state index in [1.807, 2.05) is 0 Å². The molecule has 1 rings (SSSR count). The molecule has 0 aliphatic carbocycles. The lowest BCUT2D eigenvalue weighted by Crippen LogP contribution is -2.69. The average Bonchev–Trinajstić information content (AvgIpc) is 2.46. The molecule has 0 radical (unpaired) electrons. The van der Waals surface area contributed by atoms with Gasteiger partial charge in [-0.1, -0.05) is 24.1 Å². The van der Waals surface area contributed by atoms with E-state index < -0.39 is 36.3 Å². The number of urea groups is 1. The zero-order valence-corrected chi connectivity index (χ0v) is 14.0. The van der Waals surface area contributed by atoms with Crippen molar-refractivity contribution in [3.63, 3.8) is 0 Å². The van der Waals surface area contributed by atoms with Gasteiger partial charge in [0.1, 0.15) is 0 Å². The third-order valence-corrected chi connectivity index (χ3v) is 3.60. The Morgan fingerprint density at radius 2 is 1.35 bits per heavy atom. The summed E-state index contributed by atoms with van der Waals surface area (Å²) in [6, 6.07) is 2.77. The first-order valence-electron chi connectivity index (χ1n) is 7.33. The fraction of sp³-hybridized carbons (Fsp3) is 0.467. The monoisotopic (exact) mass is 385 g/mol. The second-order valence-corrected chi connectivity index (χ2v) is 5.66. The Morgan fingerprint density at radius 1 is 0.885 bits per heavy atom. The quantitative estimate of drug-likeness (QED) is 0.551. The largest absolute Gasteiger partial charge is 0.420 e. The van der Waals surface area contributed by atoms with Gasteiger partial charge in [0, 0.05) is 5.56 Å². The Bertz CT molecular complexity index is 651. The first-order valence-corrected chi connectivity index (χ1v) is 7.33. The molecular formula is C15H17F6N3O2. The number of rotatable bonds is 3. The van der Waals surface area contributed by atoms with Gasteiger partial charge in [0.05, 0.1) is 0 Å². The molecular weight excluding hydrogens is 368 g/mol. The van der Waals surface area contributed by atoms with Gasteiger partial charge in [-0.2, -0.15) is 26.3 Å². The lowest BCUT2D eigenvalue weighted by atomic mass is 9.94. The molecule has 0 aliphatic heterocycles. The van der Waals surface area contributed by atoms with Crippen molar-refractivity contribution in [3.05, 3.63) is 34.9 Å². The molecule has 11 heteroatoms. The summed E-state index contributed by atoms with van der Waals surface area (Å²) in [4.78, 5) is 23.4. The van der Waals surface area contributed by atoms with Gasteiger partial charge < -0.3 is 5.32 Å². The standard InChI is InChI=1S/C15H17F6N3O2/c1-4-13(14(16,17)18,15(19,20)21)22-12(26)24-23-11(25)10-6-8(2)5-9(3)7-10/h5-7H,4H2,1-3H3,(H,23,25)(H2,22,24,26). The zero-order chi connectivity index (χ0) is 20.3. The highest BCUT2D eigenvalue weighted by molar-refractivity contribution is 5.95. The molecule has 0 aromatic heterocycles. The van der Waals surface area contributed by atoms with E-state index in [-0.39, 0.29) is 5.56 Å². The van der Waals surface area contributed by atoms with E-state index in [0.717, 1.165) is 5.32 Å². The summed E-state index contributed by atoms with van der Waals surface area (Å²) in [7, 11) is 0. The van der Waals surface area contributed by atoms with E-state index in [1.54, 1.807) is 25.3 Å². The van der Waals surface area contributed by atoms with Crippen LogP contribution in [-0.4, -0.2) is 29.8 Å². The summed E-state index contributed by atoms with van der Waals surface area (Å²) in [5, 5.41) is 0.875. The number of carbonyl (C=O) groups excluding carboxylic acids is 2. The zero-order valence-electron chi connectivity index (χ0n) is 14.0. The highest BCUT2D eigenvalue weighted by Gasteiger charge is 2.70. The number of hydrazine groups is 1. The molecule has 0 unspecified atom stereocenters. The second kappa shape index (κ2) is 7.42. The van der Waals surface area contributed by atoms with Crippen molar-refractivity contribution in [2.24, 2.45) is 0 Å². The summed E-state index contributed by atoms with van der Waals surface area (Å²) in [5.74, 6) is -0.895. The highest BCUT2D eigenvalue weighted by Crippen LogP contribution is 2.45. The summed E-state index contributed by atoms with van der Waals surface area (Å²) in [5.41, 5.74) is 0.329. The molecule has 0 aliphatic rings. The maximum atomic E-state index is 12.9. The summed E-state index contributed by atoms with van der Waals surface area (Å²) >= 11 is 0. The van der Waals surface area contributed by atoms with Gasteiger partial charge >= 0.3 is 18.4 Å². The van der Waals surface area contributed by atoms with Gasteiger partial charge in [-0.05, 0) is 32.4 Å². The van der Waals surface area contributed by atoms with Crippen LogP contribution in [0.15, 0.2) is 18.2 Å². The van der Waals surface area contributed by atoms with Gasteiger partial charge in [-0.25, -0.2) is 10.2 Å². The second-order valence-electron chi connectivity index (χ2n) is 5.66. The van der Waals surface area contributed by atoms with Gasteiger partial charge in [0.2, 0.25) is 5.54 Å². The van der Waals surface area contributed by atoms with Crippen LogP contribution in [-0.2, 0) is 0 Å². The number of halogens is 6.